The lowest BCUT2D eigenvalue weighted by atomic mass is 10.1. The largest absolute Gasteiger partial charge is 0.354 e. The van der Waals surface area contributed by atoms with Gasteiger partial charge >= 0.3 is 0 Å². The molecule has 0 saturated carbocycles. The highest BCUT2D eigenvalue weighted by molar-refractivity contribution is 6.31. The average Bonchev–Trinajstić information content (AvgIpc) is 2.41. The fourth-order valence-electron chi connectivity index (χ4n) is 2.55. The highest BCUT2D eigenvalue weighted by atomic mass is 35.5. The number of hydrogen-bond donors (Lipinski definition) is 1. The molecule has 2 rings (SSSR count). The summed E-state index contributed by atoms with van der Waals surface area (Å²) in [6.45, 7) is 11.7. The summed E-state index contributed by atoms with van der Waals surface area (Å²) in [7, 11) is 1.91. The lowest BCUT2D eigenvalue weighted by Crippen LogP contribution is -2.53. The number of pyridine rings is 1. The van der Waals surface area contributed by atoms with Crippen molar-refractivity contribution < 1.29 is 0 Å². The number of piperazine rings is 1. The van der Waals surface area contributed by atoms with Gasteiger partial charge < -0.3 is 10.2 Å². The lowest BCUT2D eigenvalue weighted by molar-refractivity contribution is 0.128. The van der Waals surface area contributed by atoms with E-state index >= 15 is 0 Å². The molecule has 0 atom stereocenters. The number of anilines is 1. The molecule has 0 unspecified atom stereocenters. The number of hydrogen-bond acceptors (Lipinski definition) is 4. The molecule has 0 spiro atoms. The van der Waals surface area contributed by atoms with Crippen molar-refractivity contribution in [2.24, 2.45) is 0 Å². The van der Waals surface area contributed by atoms with E-state index in [4.69, 9.17) is 11.6 Å². The average molecular weight is 297 g/mol. The van der Waals surface area contributed by atoms with Crippen LogP contribution in [0.3, 0.4) is 0 Å². The van der Waals surface area contributed by atoms with Gasteiger partial charge in [-0.25, -0.2) is 4.98 Å². The van der Waals surface area contributed by atoms with E-state index in [1.165, 1.54) is 0 Å². The first kappa shape index (κ1) is 15.5. The summed E-state index contributed by atoms with van der Waals surface area (Å²) >= 11 is 6.17. The zero-order valence-electron chi connectivity index (χ0n) is 12.9. The van der Waals surface area contributed by atoms with Crippen LogP contribution in [-0.4, -0.2) is 48.6 Å². The third-order valence-corrected chi connectivity index (χ3v) is 4.14. The molecule has 4 nitrogen and oxygen atoms in total. The molecule has 20 heavy (non-hydrogen) atoms. The van der Waals surface area contributed by atoms with Gasteiger partial charge in [-0.15, -0.1) is 0 Å². The van der Waals surface area contributed by atoms with Crippen LogP contribution in [0.2, 0.25) is 5.02 Å². The van der Waals surface area contributed by atoms with E-state index in [9.17, 15) is 0 Å². The van der Waals surface area contributed by atoms with Crippen molar-refractivity contribution in [3.8, 4) is 0 Å². The predicted octanol–water partition coefficient (Wildman–Crippen LogP) is 2.37. The minimum atomic E-state index is 0.247. The van der Waals surface area contributed by atoms with Gasteiger partial charge in [0.1, 0.15) is 5.82 Å². The van der Waals surface area contributed by atoms with Crippen LogP contribution in [0.15, 0.2) is 12.1 Å². The molecular formula is C15H25ClN4. The van der Waals surface area contributed by atoms with Crippen molar-refractivity contribution in [1.29, 1.82) is 0 Å². The highest BCUT2D eigenvalue weighted by Crippen LogP contribution is 2.22. The van der Waals surface area contributed by atoms with E-state index in [-0.39, 0.29) is 5.54 Å². The lowest BCUT2D eigenvalue weighted by Gasteiger charge is -2.42. The quantitative estimate of drug-likeness (QED) is 0.928. The van der Waals surface area contributed by atoms with Gasteiger partial charge in [0, 0.05) is 38.3 Å². The Morgan fingerprint density at radius 2 is 1.85 bits per heavy atom. The maximum absolute atomic E-state index is 6.17. The molecule has 1 aromatic heterocycles. The monoisotopic (exact) mass is 296 g/mol. The SMILES string of the molecule is CNCc1nc(N2CCN(C(C)(C)C)CC2)ccc1Cl. The number of halogens is 1. The molecule has 0 radical (unpaired) electrons. The number of aromatic nitrogens is 1. The van der Waals surface area contributed by atoms with Crippen molar-refractivity contribution in [3.05, 3.63) is 22.8 Å². The van der Waals surface area contributed by atoms with Crippen LogP contribution in [0.5, 0.6) is 0 Å². The zero-order valence-corrected chi connectivity index (χ0v) is 13.7. The van der Waals surface area contributed by atoms with E-state index in [0.29, 0.717) is 6.54 Å². The molecule has 0 aromatic carbocycles. The van der Waals surface area contributed by atoms with E-state index < -0.39 is 0 Å². The first-order valence-electron chi connectivity index (χ1n) is 7.22. The van der Waals surface area contributed by atoms with Crippen LogP contribution < -0.4 is 10.2 Å². The van der Waals surface area contributed by atoms with E-state index in [1.807, 2.05) is 19.2 Å². The van der Waals surface area contributed by atoms with Crippen LogP contribution in [0.1, 0.15) is 26.5 Å². The summed E-state index contributed by atoms with van der Waals surface area (Å²) in [4.78, 5) is 9.55. The Labute approximate surface area is 127 Å². The van der Waals surface area contributed by atoms with Crippen LogP contribution >= 0.6 is 11.6 Å². The molecule has 5 heteroatoms. The maximum atomic E-state index is 6.17. The van der Waals surface area contributed by atoms with Crippen molar-refractivity contribution in [1.82, 2.24) is 15.2 Å². The maximum Gasteiger partial charge on any atom is 0.129 e. The van der Waals surface area contributed by atoms with Crippen molar-refractivity contribution in [3.63, 3.8) is 0 Å². The molecule has 1 fully saturated rings. The Bertz CT molecular complexity index is 448. The summed E-state index contributed by atoms with van der Waals surface area (Å²) in [6.07, 6.45) is 0. The molecule has 1 saturated heterocycles. The summed E-state index contributed by atoms with van der Waals surface area (Å²) in [5.41, 5.74) is 1.17. The second-order valence-electron chi connectivity index (χ2n) is 6.27. The molecule has 1 N–H and O–H groups in total. The van der Waals surface area contributed by atoms with Gasteiger partial charge in [0.05, 0.1) is 10.7 Å². The summed E-state index contributed by atoms with van der Waals surface area (Å²) in [5, 5.41) is 3.84. The van der Waals surface area contributed by atoms with Crippen molar-refractivity contribution >= 4 is 17.4 Å². The molecule has 1 aliphatic rings. The van der Waals surface area contributed by atoms with E-state index in [1.54, 1.807) is 0 Å². The minimum Gasteiger partial charge on any atom is -0.354 e. The smallest absolute Gasteiger partial charge is 0.129 e. The topological polar surface area (TPSA) is 31.4 Å². The first-order valence-corrected chi connectivity index (χ1v) is 7.59. The van der Waals surface area contributed by atoms with Gasteiger partial charge in [-0.05, 0) is 40.0 Å². The van der Waals surface area contributed by atoms with E-state index in [2.05, 4.69) is 40.9 Å². The minimum absolute atomic E-state index is 0.247. The Morgan fingerprint density at radius 1 is 1.20 bits per heavy atom. The molecule has 0 aliphatic carbocycles. The van der Waals surface area contributed by atoms with Gasteiger partial charge in [0.2, 0.25) is 0 Å². The zero-order chi connectivity index (χ0) is 14.8. The normalized spacial score (nSPS) is 17.6. The Hall–Kier alpha value is -0.840. The third-order valence-electron chi connectivity index (χ3n) is 3.80. The number of nitrogens with one attached hydrogen (secondary N) is 1. The van der Waals surface area contributed by atoms with Gasteiger partial charge in [-0.2, -0.15) is 0 Å². The van der Waals surface area contributed by atoms with Crippen molar-refractivity contribution in [2.75, 3.05) is 38.1 Å². The number of rotatable bonds is 3. The fraction of sp³-hybridized carbons (Fsp3) is 0.667. The summed E-state index contributed by atoms with van der Waals surface area (Å²) in [5.74, 6) is 1.04. The van der Waals surface area contributed by atoms with Crippen LogP contribution in [0.4, 0.5) is 5.82 Å². The predicted molar refractivity (Wildman–Crippen MR) is 85.5 cm³/mol. The molecule has 1 aromatic rings. The summed E-state index contributed by atoms with van der Waals surface area (Å²) in [6, 6.07) is 3.97. The molecule has 112 valence electrons. The van der Waals surface area contributed by atoms with Gasteiger partial charge in [-0.1, -0.05) is 11.6 Å². The summed E-state index contributed by atoms with van der Waals surface area (Å²) < 4.78 is 0. The third kappa shape index (κ3) is 3.62. The molecular weight excluding hydrogens is 272 g/mol. The first-order chi connectivity index (χ1) is 9.41. The fourth-order valence-corrected chi connectivity index (χ4v) is 2.72. The molecule has 1 aliphatic heterocycles. The van der Waals surface area contributed by atoms with Crippen LogP contribution in [0, 0.1) is 0 Å². The molecule has 0 bridgehead atoms. The second kappa shape index (κ2) is 6.29. The van der Waals surface area contributed by atoms with Crippen LogP contribution in [-0.2, 0) is 6.54 Å². The Balaban J connectivity index is 2.05. The van der Waals surface area contributed by atoms with Gasteiger partial charge in [0.25, 0.3) is 0 Å². The van der Waals surface area contributed by atoms with Gasteiger partial charge in [-0.3, -0.25) is 4.90 Å². The standard InChI is InChI=1S/C15H25ClN4/c1-15(2,3)20-9-7-19(8-10-20)14-6-5-12(16)13(18-14)11-17-4/h5-6,17H,7-11H2,1-4H3. The van der Waals surface area contributed by atoms with E-state index in [0.717, 1.165) is 42.7 Å². The van der Waals surface area contributed by atoms with Crippen molar-refractivity contribution in [2.45, 2.75) is 32.9 Å². The molecule has 2 heterocycles. The molecule has 0 amide bonds. The second-order valence-corrected chi connectivity index (χ2v) is 6.68. The van der Waals surface area contributed by atoms with Crippen LogP contribution in [0.25, 0.3) is 0 Å². The Kier molecular flexibility index (Phi) is 4.89. The number of nitrogens with zero attached hydrogens (tertiary/aromatic N) is 3. The van der Waals surface area contributed by atoms with Gasteiger partial charge in [0.15, 0.2) is 0 Å². The Morgan fingerprint density at radius 3 is 2.40 bits per heavy atom. The highest BCUT2D eigenvalue weighted by Gasteiger charge is 2.26.